The van der Waals surface area contributed by atoms with Crippen molar-refractivity contribution in [1.82, 2.24) is 0 Å². The predicted octanol–water partition coefficient (Wildman–Crippen LogP) is 5.55. The molecule has 1 aliphatic heterocycles. The fraction of sp³-hybridized carbons (Fsp3) is 0.143. The van der Waals surface area contributed by atoms with Crippen molar-refractivity contribution in [2.75, 3.05) is 4.90 Å². The summed E-state index contributed by atoms with van der Waals surface area (Å²) in [5.74, 6) is 0. The zero-order valence-corrected chi connectivity index (χ0v) is 14.8. The van der Waals surface area contributed by atoms with E-state index in [1.165, 1.54) is 5.56 Å². The zero-order chi connectivity index (χ0) is 18.1. The second-order valence-corrected chi connectivity index (χ2v) is 6.85. The number of hydrogen-bond donors (Lipinski definition) is 0. The Labute approximate surface area is 156 Å². The molecule has 5 heteroatoms. The number of para-hydroxylation sites is 2. The molecule has 3 aromatic carbocycles. The first-order valence-corrected chi connectivity index (χ1v) is 8.83. The predicted molar refractivity (Wildman–Crippen MR) is 104 cm³/mol. The number of nitro groups is 1. The minimum atomic E-state index is -0.311. The summed E-state index contributed by atoms with van der Waals surface area (Å²) < 4.78 is 0. The maximum absolute atomic E-state index is 11.4. The van der Waals surface area contributed by atoms with E-state index >= 15 is 0 Å². The quantitative estimate of drug-likeness (QED) is 0.450. The van der Waals surface area contributed by atoms with Crippen LogP contribution in [-0.4, -0.2) is 4.92 Å². The number of halogens is 1. The van der Waals surface area contributed by atoms with Crippen molar-refractivity contribution in [2.45, 2.75) is 19.0 Å². The van der Waals surface area contributed by atoms with Crippen molar-refractivity contribution in [2.24, 2.45) is 0 Å². The fourth-order valence-electron chi connectivity index (χ4n) is 3.63. The third-order valence-electron chi connectivity index (χ3n) is 4.87. The molecule has 130 valence electrons. The largest absolute Gasteiger partial charge is 0.359 e. The maximum Gasteiger partial charge on any atom is 0.274 e. The molecule has 0 aromatic heterocycles. The summed E-state index contributed by atoms with van der Waals surface area (Å²) in [5.41, 5.74) is 4.42. The van der Waals surface area contributed by atoms with Gasteiger partial charge in [-0.05, 0) is 35.7 Å². The van der Waals surface area contributed by atoms with E-state index in [0.29, 0.717) is 17.1 Å². The fourth-order valence-corrected chi connectivity index (χ4v) is 3.76. The molecular formula is C21H17ClN2O2. The molecule has 1 heterocycles. The SMILES string of the molecule is O=[N+]([O-])c1ccccc1CN1c2ccccc2C[C@H]1c1ccc(Cl)cc1. The molecular weight excluding hydrogens is 348 g/mol. The van der Waals surface area contributed by atoms with Gasteiger partial charge in [0.25, 0.3) is 5.69 Å². The molecule has 0 saturated carbocycles. The Morgan fingerprint density at radius 3 is 2.46 bits per heavy atom. The van der Waals surface area contributed by atoms with Crippen LogP contribution in [0.15, 0.2) is 72.8 Å². The number of nitrogens with zero attached hydrogens (tertiary/aromatic N) is 2. The van der Waals surface area contributed by atoms with E-state index in [1.807, 2.05) is 48.5 Å². The van der Waals surface area contributed by atoms with Gasteiger partial charge in [-0.3, -0.25) is 10.1 Å². The highest BCUT2D eigenvalue weighted by Gasteiger charge is 2.31. The Morgan fingerprint density at radius 1 is 1.00 bits per heavy atom. The van der Waals surface area contributed by atoms with E-state index in [9.17, 15) is 10.1 Å². The Balaban J connectivity index is 1.75. The molecule has 0 unspecified atom stereocenters. The van der Waals surface area contributed by atoms with Crippen LogP contribution >= 0.6 is 11.6 Å². The molecule has 0 aliphatic carbocycles. The molecule has 0 N–H and O–H groups in total. The van der Waals surface area contributed by atoms with Crippen LogP contribution in [0.3, 0.4) is 0 Å². The van der Waals surface area contributed by atoms with E-state index < -0.39 is 0 Å². The third-order valence-corrected chi connectivity index (χ3v) is 5.13. The Hall–Kier alpha value is -2.85. The molecule has 0 bridgehead atoms. The van der Waals surface area contributed by atoms with Crippen LogP contribution < -0.4 is 4.90 Å². The van der Waals surface area contributed by atoms with Crippen molar-refractivity contribution in [3.8, 4) is 0 Å². The van der Waals surface area contributed by atoms with E-state index in [-0.39, 0.29) is 16.7 Å². The Kier molecular flexibility index (Phi) is 4.35. The molecule has 0 saturated heterocycles. The lowest BCUT2D eigenvalue weighted by Crippen LogP contribution is -2.25. The van der Waals surface area contributed by atoms with E-state index in [1.54, 1.807) is 12.1 Å². The Bertz CT molecular complexity index is 956. The van der Waals surface area contributed by atoms with E-state index in [4.69, 9.17) is 11.6 Å². The van der Waals surface area contributed by atoms with Crippen LogP contribution in [0.2, 0.25) is 5.02 Å². The molecule has 0 fully saturated rings. The zero-order valence-electron chi connectivity index (χ0n) is 14.0. The maximum atomic E-state index is 11.4. The summed E-state index contributed by atoms with van der Waals surface area (Å²) in [6.07, 6.45) is 0.873. The summed E-state index contributed by atoms with van der Waals surface area (Å²) in [6, 6.07) is 23.2. The van der Waals surface area contributed by atoms with Gasteiger partial charge >= 0.3 is 0 Å². The normalized spacial score (nSPS) is 15.7. The first-order chi connectivity index (χ1) is 12.6. The molecule has 1 atom stereocenters. The molecule has 0 amide bonds. The number of hydrogen-bond acceptors (Lipinski definition) is 3. The van der Waals surface area contributed by atoms with Gasteiger partial charge in [-0.1, -0.05) is 60.1 Å². The first-order valence-electron chi connectivity index (χ1n) is 8.46. The number of nitro benzene ring substituents is 1. The van der Waals surface area contributed by atoms with E-state index in [0.717, 1.165) is 17.7 Å². The molecule has 0 radical (unpaired) electrons. The van der Waals surface area contributed by atoms with Crippen LogP contribution in [-0.2, 0) is 13.0 Å². The molecule has 3 aromatic rings. The molecule has 4 nitrogen and oxygen atoms in total. The van der Waals surface area contributed by atoms with Crippen LogP contribution in [0.4, 0.5) is 11.4 Å². The number of fused-ring (bicyclic) bond motifs is 1. The summed E-state index contributed by atoms with van der Waals surface area (Å²) in [7, 11) is 0. The van der Waals surface area contributed by atoms with Gasteiger partial charge in [0.15, 0.2) is 0 Å². The highest BCUT2D eigenvalue weighted by atomic mass is 35.5. The standard InChI is InChI=1S/C21H17ClN2O2/c22-18-11-9-15(10-12-18)21-13-16-5-1-3-7-19(16)23(21)14-17-6-2-4-8-20(17)24(25)26/h1-12,21H,13-14H2/t21-/m0/s1. The minimum absolute atomic E-state index is 0.129. The number of anilines is 1. The van der Waals surface area contributed by atoms with Crippen LogP contribution in [0.25, 0.3) is 0 Å². The van der Waals surface area contributed by atoms with E-state index in [2.05, 4.69) is 17.0 Å². The summed E-state index contributed by atoms with van der Waals surface area (Å²) in [5, 5.41) is 12.1. The lowest BCUT2D eigenvalue weighted by Gasteiger charge is -2.28. The van der Waals surface area contributed by atoms with Gasteiger partial charge in [-0.2, -0.15) is 0 Å². The van der Waals surface area contributed by atoms with Gasteiger partial charge in [-0.25, -0.2) is 0 Å². The van der Waals surface area contributed by atoms with Gasteiger partial charge in [0.1, 0.15) is 0 Å². The lowest BCUT2D eigenvalue weighted by atomic mass is 10.0. The second kappa shape index (κ2) is 6.81. The monoisotopic (exact) mass is 364 g/mol. The van der Waals surface area contributed by atoms with Crippen LogP contribution in [0.5, 0.6) is 0 Å². The molecule has 1 aliphatic rings. The van der Waals surface area contributed by atoms with Gasteiger partial charge in [0.05, 0.1) is 17.5 Å². The Morgan fingerprint density at radius 2 is 1.69 bits per heavy atom. The van der Waals surface area contributed by atoms with Gasteiger partial charge < -0.3 is 4.90 Å². The highest BCUT2D eigenvalue weighted by molar-refractivity contribution is 6.30. The van der Waals surface area contributed by atoms with Gasteiger partial charge in [0, 0.05) is 22.3 Å². The second-order valence-electron chi connectivity index (χ2n) is 6.41. The van der Waals surface area contributed by atoms with Crippen molar-refractivity contribution < 1.29 is 4.92 Å². The summed E-state index contributed by atoms with van der Waals surface area (Å²) >= 11 is 6.04. The molecule has 0 spiro atoms. The number of rotatable bonds is 4. The van der Waals surface area contributed by atoms with Gasteiger partial charge in [-0.15, -0.1) is 0 Å². The van der Waals surface area contributed by atoms with Gasteiger partial charge in [0.2, 0.25) is 0 Å². The highest BCUT2D eigenvalue weighted by Crippen LogP contribution is 2.42. The smallest absolute Gasteiger partial charge is 0.274 e. The average Bonchev–Trinajstić information content (AvgIpc) is 3.01. The van der Waals surface area contributed by atoms with Crippen molar-refractivity contribution in [3.05, 3.63) is 105 Å². The van der Waals surface area contributed by atoms with Crippen molar-refractivity contribution in [3.63, 3.8) is 0 Å². The number of benzene rings is 3. The average molecular weight is 365 g/mol. The first kappa shape index (κ1) is 16.6. The third kappa shape index (κ3) is 3.04. The van der Waals surface area contributed by atoms with Crippen LogP contribution in [0.1, 0.15) is 22.7 Å². The minimum Gasteiger partial charge on any atom is -0.359 e. The summed E-state index contributed by atoms with van der Waals surface area (Å²) in [4.78, 5) is 13.3. The van der Waals surface area contributed by atoms with Crippen molar-refractivity contribution >= 4 is 23.0 Å². The molecule has 4 rings (SSSR count). The molecule has 26 heavy (non-hydrogen) atoms. The lowest BCUT2D eigenvalue weighted by molar-refractivity contribution is -0.385. The topological polar surface area (TPSA) is 46.4 Å². The van der Waals surface area contributed by atoms with Crippen LogP contribution in [0, 0.1) is 10.1 Å². The van der Waals surface area contributed by atoms with Crippen molar-refractivity contribution in [1.29, 1.82) is 0 Å². The summed E-state index contributed by atoms with van der Waals surface area (Å²) in [6.45, 7) is 0.488.